The summed E-state index contributed by atoms with van der Waals surface area (Å²) in [6.45, 7) is 0. The van der Waals surface area contributed by atoms with Crippen molar-refractivity contribution in [3.05, 3.63) is 22.9 Å². The number of halogens is 1. The lowest BCUT2D eigenvalue weighted by molar-refractivity contribution is 0.353. The van der Waals surface area contributed by atoms with Gasteiger partial charge in [-0.15, -0.1) is 0 Å². The molecule has 0 saturated carbocycles. The van der Waals surface area contributed by atoms with Gasteiger partial charge < -0.3 is 0 Å². The van der Waals surface area contributed by atoms with Gasteiger partial charge in [0.15, 0.2) is 5.75 Å². The summed E-state index contributed by atoms with van der Waals surface area (Å²) >= 11 is 3.10. The van der Waals surface area contributed by atoms with Crippen LogP contribution >= 0.6 is 15.9 Å². The van der Waals surface area contributed by atoms with Gasteiger partial charge in [0, 0.05) is 0 Å². The molecule has 3 heteroatoms. The molecule has 1 aromatic rings. The molecule has 0 bridgehead atoms. The van der Waals surface area contributed by atoms with Crippen LogP contribution in [0.4, 0.5) is 0 Å². The minimum absolute atomic E-state index is 0.0619. The first-order chi connectivity index (χ1) is 3.79. The maximum absolute atomic E-state index is 10.3. The summed E-state index contributed by atoms with van der Waals surface area (Å²) in [4.78, 5) is 3.68. The molecule has 0 amide bonds. The number of pyridine rings is 1. The minimum Gasteiger partial charge on any atom is -0.288 e. The molecule has 0 aromatic carbocycles. The van der Waals surface area contributed by atoms with Crippen molar-refractivity contribution in [2.45, 2.75) is 0 Å². The average Bonchev–Trinajstić information content (AvgIpc) is 1.77. The first-order valence-corrected chi connectivity index (χ1v) is 2.87. The fraction of sp³-hybridized carbons (Fsp3) is 0. The summed E-state index contributed by atoms with van der Waals surface area (Å²) in [5.74, 6) is -0.0619. The first kappa shape index (κ1) is 5.56. The average molecular weight is 173 g/mol. The lowest BCUT2D eigenvalue weighted by Crippen LogP contribution is -1.69. The highest BCUT2D eigenvalue weighted by molar-refractivity contribution is 9.10. The molecule has 1 aromatic heterocycles. The van der Waals surface area contributed by atoms with Gasteiger partial charge >= 0.3 is 0 Å². The second-order valence-electron chi connectivity index (χ2n) is 1.32. The van der Waals surface area contributed by atoms with Crippen LogP contribution in [0.2, 0.25) is 0 Å². The quantitative estimate of drug-likeness (QED) is 0.552. The van der Waals surface area contributed by atoms with Gasteiger partial charge in [-0.05, 0) is 28.1 Å². The Balaban J connectivity index is 3.03. The van der Waals surface area contributed by atoms with E-state index < -0.39 is 0 Å². The van der Waals surface area contributed by atoms with Crippen LogP contribution < -0.4 is 0 Å². The van der Waals surface area contributed by atoms with E-state index in [1.807, 2.05) is 0 Å². The fourth-order valence-corrected chi connectivity index (χ4v) is 0.597. The highest BCUT2D eigenvalue weighted by Gasteiger charge is 1.87. The molecule has 1 heterocycles. The summed E-state index contributed by atoms with van der Waals surface area (Å²) in [5, 5.41) is 10.3. The molecule has 0 spiro atoms. The number of aromatic nitrogens is 1. The summed E-state index contributed by atoms with van der Waals surface area (Å²) < 4.78 is 0.692. The van der Waals surface area contributed by atoms with Gasteiger partial charge in [-0.2, -0.15) is 0 Å². The Morgan fingerprint density at radius 3 is 2.62 bits per heavy atom. The zero-order chi connectivity index (χ0) is 5.98. The Hall–Kier alpha value is -0.570. The summed E-state index contributed by atoms with van der Waals surface area (Å²) in [6, 6.07) is 3.07. The Bertz CT molecular complexity index is 151. The highest BCUT2D eigenvalue weighted by Crippen LogP contribution is 2.10. The maximum Gasteiger partial charge on any atom is 0.196 e. The molecular weight excluding hydrogens is 170 g/mol. The number of rotatable bonds is 0. The van der Waals surface area contributed by atoms with Crippen LogP contribution in [0, 0.1) is 0 Å². The molecule has 0 aliphatic heterocycles. The van der Waals surface area contributed by atoms with Crippen LogP contribution in [0.15, 0.2) is 22.9 Å². The van der Waals surface area contributed by atoms with Gasteiger partial charge in [0.05, 0.1) is 6.20 Å². The van der Waals surface area contributed by atoms with Crippen LogP contribution in [0.5, 0.6) is 5.75 Å². The van der Waals surface area contributed by atoms with Crippen molar-refractivity contribution < 1.29 is 5.11 Å². The van der Waals surface area contributed by atoms with Gasteiger partial charge in [-0.1, -0.05) is 0 Å². The van der Waals surface area contributed by atoms with Crippen LogP contribution in [0.25, 0.3) is 0 Å². The smallest absolute Gasteiger partial charge is 0.196 e. The van der Waals surface area contributed by atoms with Crippen molar-refractivity contribution in [1.29, 1.82) is 0 Å². The third-order valence-corrected chi connectivity index (χ3v) is 1.17. The van der Waals surface area contributed by atoms with E-state index in [1.54, 1.807) is 6.07 Å². The van der Waals surface area contributed by atoms with E-state index in [1.165, 1.54) is 12.3 Å². The molecule has 1 radical (unpaired) electrons. The normalized spacial score (nSPS) is 9.12. The Morgan fingerprint density at radius 1 is 1.50 bits per heavy atom. The Kier molecular flexibility index (Phi) is 1.48. The largest absolute Gasteiger partial charge is 0.288 e. The highest BCUT2D eigenvalue weighted by atomic mass is 79.9. The molecule has 0 aliphatic rings. The van der Waals surface area contributed by atoms with Crippen LogP contribution in [0.3, 0.4) is 0 Å². The third kappa shape index (κ3) is 1.20. The van der Waals surface area contributed by atoms with Crippen molar-refractivity contribution in [2.75, 3.05) is 0 Å². The van der Waals surface area contributed by atoms with Crippen molar-refractivity contribution in [2.24, 2.45) is 0 Å². The molecule has 0 saturated heterocycles. The molecule has 0 fully saturated rings. The fourth-order valence-electron chi connectivity index (χ4n) is 0.362. The number of nitrogens with zero attached hydrogens (tertiary/aromatic N) is 1. The van der Waals surface area contributed by atoms with Gasteiger partial charge in [0.25, 0.3) is 0 Å². The maximum atomic E-state index is 10.3. The first-order valence-electron chi connectivity index (χ1n) is 2.07. The predicted octanol–water partition coefficient (Wildman–Crippen LogP) is 1.99. The van der Waals surface area contributed by atoms with Crippen LogP contribution in [-0.2, 0) is 5.11 Å². The number of hydrogen-bond donors (Lipinski definition) is 0. The molecule has 2 nitrogen and oxygen atoms in total. The Morgan fingerprint density at radius 2 is 2.25 bits per heavy atom. The second-order valence-corrected chi connectivity index (χ2v) is 2.13. The van der Waals surface area contributed by atoms with Gasteiger partial charge in [0.1, 0.15) is 4.60 Å². The molecule has 8 heavy (non-hydrogen) atoms. The lowest BCUT2D eigenvalue weighted by atomic mass is 10.5. The zero-order valence-electron chi connectivity index (χ0n) is 3.97. The van der Waals surface area contributed by atoms with Crippen LogP contribution in [0.1, 0.15) is 0 Å². The van der Waals surface area contributed by atoms with Crippen molar-refractivity contribution >= 4 is 15.9 Å². The van der Waals surface area contributed by atoms with E-state index in [2.05, 4.69) is 20.9 Å². The monoisotopic (exact) mass is 172 g/mol. The van der Waals surface area contributed by atoms with Gasteiger partial charge in [-0.25, -0.2) is 4.98 Å². The topological polar surface area (TPSA) is 32.8 Å². The standard InChI is InChI=1S/C5H3BrNO/c6-5-2-1-4(8)3-7-5/h1-3H. The Labute approximate surface area is 55.3 Å². The van der Waals surface area contributed by atoms with Crippen molar-refractivity contribution in [3.63, 3.8) is 0 Å². The molecular formula is C5H3BrNO. The van der Waals surface area contributed by atoms with Crippen molar-refractivity contribution in [3.8, 4) is 5.75 Å². The SMILES string of the molecule is [O]c1ccc(Br)nc1. The molecule has 0 N–H and O–H groups in total. The zero-order valence-corrected chi connectivity index (χ0v) is 5.55. The van der Waals surface area contributed by atoms with E-state index in [0.717, 1.165) is 0 Å². The van der Waals surface area contributed by atoms with Crippen LogP contribution in [-0.4, -0.2) is 4.98 Å². The molecule has 0 aliphatic carbocycles. The molecule has 1 rings (SSSR count). The van der Waals surface area contributed by atoms with Gasteiger partial charge in [0.2, 0.25) is 0 Å². The third-order valence-electron chi connectivity index (χ3n) is 0.700. The van der Waals surface area contributed by atoms with E-state index in [4.69, 9.17) is 0 Å². The summed E-state index contributed by atoms with van der Waals surface area (Å²) in [5.41, 5.74) is 0. The van der Waals surface area contributed by atoms with E-state index >= 15 is 0 Å². The van der Waals surface area contributed by atoms with E-state index in [9.17, 15) is 5.11 Å². The molecule has 0 atom stereocenters. The van der Waals surface area contributed by atoms with E-state index in [0.29, 0.717) is 4.60 Å². The summed E-state index contributed by atoms with van der Waals surface area (Å²) in [7, 11) is 0. The summed E-state index contributed by atoms with van der Waals surface area (Å²) in [6.07, 6.45) is 1.27. The van der Waals surface area contributed by atoms with Crippen molar-refractivity contribution in [1.82, 2.24) is 4.98 Å². The van der Waals surface area contributed by atoms with Gasteiger partial charge in [-0.3, -0.25) is 5.11 Å². The minimum atomic E-state index is -0.0619. The lowest BCUT2D eigenvalue weighted by Gasteiger charge is -1.84. The predicted molar refractivity (Wildman–Crippen MR) is 32.1 cm³/mol. The second kappa shape index (κ2) is 2.13. The molecule has 41 valence electrons. The number of hydrogen-bond acceptors (Lipinski definition) is 1. The molecule has 0 unspecified atom stereocenters. The van der Waals surface area contributed by atoms with E-state index in [-0.39, 0.29) is 5.75 Å².